The molecule has 0 bridgehead atoms. The van der Waals surface area contributed by atoms with Crippen LogP contribution in [0, 0.1) is 0 Å². The number of carboxylic acid groups (broad SMARTS) is 1. The molecule has 0 radical (unpaired) electrons. The lowest BCUT2D eigenvalue weighted by Crippen LogP contribution is -2.50. The van der Waals surface area contributed by atoms with Crippen molar-refractivity contribution in [3.05, 3.63) is 0 Å². The first-order valence-corrected chi connectivity index (χ1v) is 6.34. The molecule has 0 aliphatic heterocycles. The molecule has 10 heteroatoms. The summed E-state index contributed by atoms with van der Waals surface area (Å²) in [6, 6.07) is -1.74. The normalized spacial score (nSPS) is 12.9. The van der Waals surface area contributed by atoms with Crippen LogP contribution >= 0.6 is 12.6 Å². The van der Waals surface area contributed by atoms with Gasteiger partial charge < -0.3 is 26.8 Å². The molecule has 0 fully saturated rings. The van der Waals surface area contributed by atoms with E-state index in [1.54, 1.807) is 0 Å². The van der Waals surface area contributed by atoms with Crippen LogP contribution in [0.3, 0.4) is 0 Å². The van der Waals surface area contributed by atoms with E-state index in [2.05, 4.69) is 28.6 Å². The van der Waals surface area contributed by atoms with Gasteiger partial charge in [-0.3, -0.25) is 19.2 Å². The van der Waals surface area contributed by atoms with Crippen LogP contribution in [0.1, 0.15) is 6.92 Å². The molecule has 0 saturated carbocycles. The molecular weight excluding hydrogens is 288 g/mol. The molecule has 0 aromatic carbocycles. The summed E-state index contributed by atoms with van der Waals surface area (Å²) in [6.07, 6.45) is 0. The number of rotatable bonds is 8. The zero-order chi connectivity index (χ0) is 15.7. The number of nitrogens with two attached hydrogens (primary N) is 1. The third kappa shape index (κ3) is 7.59. The average Bonchev–Trinajstić information content (AvgIpc) is 2.40. The first-order valence-electron chi connectivity index (χ1n) is 5.71. The van der Waals surface area contributed by atoms with E-state index < -0.39 is 42.3 Å². The van der Waals surface area contributed by atoms with Crippen molar-refractivity contribution in [2.24, 2.45) is 5.73 Å². The minimum absolute atomic E-state index is 0.140. The Morgan fingerprint density at radius 1 is 1.15 bits per heavy atom. The number of nitrogens with one attached hydrogen (secondary N) is 3. The van der Waals surface area contributed by atoms with Crippen LogP contribution < -0.4 is 21.7 Å². The fraction of sp³-hybridized carbons (Fsp3) is 0.600. The van der Waals surface area contributed by atoms with Crippen molar-refractivity contribution in [2.75, 3.05) is 18.8 Å². The molecule has 0 heterocycles. The maximum atomic E-state index is 11.4. The predicted octanol–water partition coefficient (Wildman–Crippen LogP) is -2.93. The van der Waals surface area contributed by atoms with Crippen LogP contribution in [-0.2, 0) is 19.2 Å². The molecule has 114 valence electrons. The molecule has 0 saturated heterocycles. The number of carboxylic acids is 1. The second-order valence-corrected chi connectivity index (χ2v) is 4.27. The highest BCUT2D eigenvalue weighted by atomic mass is 32.1. The third-order valence-corrected chi connectivity index (χ3v) is 2.53. The summed E-state index contributed by atoms with van der Waals surface area (Å²) in [5.74, 6) is -2.81. The van der Waals surface area contributed by atoms with Crippen molar-refractivity contribution in [1.82, 2.24) is 16.0 Å². The zero-order valence-corrected chi connectivity index (χ0v) is 11.8. The standard InChI is InChI=1S/C10H18N4O5S/c1-5(9(18)13-3-8(16)17)14-7(15)2-12-10(19)6(11)4-20/h5-6,20H,2-4,11H2,1H3,(H,12,19)(H,13,18)(H,14,15)(H,16,17). The maximum Gasteiger partial charge on any atom is 0.322 e. The van der Waals surface area contributed by atoms with Gasteiger partial charge in [-0.25, -0.2) is 0 Å². The highest BCUT2D eigenvalue weighted by Crippen LogP contribution is 1.84. The first kappa shape index (κ1) is 18.2. The van der Waals surface area contributed by atoms with Crippen LogP contribution in [0.25, 0.3) is 0 Å². The van der Waals surface area contributed by atoms with Gasteiger partial charge in [-0.2, -0.15) is 12.6 Å². The lowest BCUT2D eigenvalue weighted by Gasteiger charge is -2.14. The van der Waals surface area contributed by atoms with Gasteiger partial charge in [0, 0.05) is 5.75 Å². The number of carbonyl (C=O) groups excluding carboxylic acids is 3. The van der Waals surface area contributed by atoms with Gasteiger partial charge in [-0.05, 0) is 6.92 Å². The minimum atomic E-state index is -1.19. The highest BCUT2D eigenvalue weighted by Gasteiger charge is 2.17. The van der Waals surface area contributed by atoms with E-state index >= 15 is 0 Å². The molecule has 0 aromatic heterocycles. The summed E-state index contributed by atoms with van der Waals surface area (Å²) in [7, 11) is 0. The van der Waals surface area contributed by atoms with Crippen LogP contribution in [-0.4, -0.2) is 59.7 Å². The quantitative estimate of drug-likeness (QED) is 0.264. The molecule has 0 aliphatic rings. The van der Waals surface area contributed by atoms with E-state index in [1.165, 1.54) is 6.92 Å². The van der Waals surface area contributed by atoms with Crippen LogP contribution in [0.2, 0.25) is 0 Å². The SMILES string of the molecule is CC(NC(=O)CNC(=O)C(N)CS)C(=O)NCC(=O)O. The van der Waals surface area contributed by atoms with Crippen LogP contribution in [0.15, 0.2) is 0 Å². The molecular formula is C10H18N4O5S. The molecule has 0 spiro atoms. The predicted molar refractivity (Wildman–Crippen MR) is 73.1 cm³/mol. The van der Waals surface area contributed by atoms with E-state index in [0.29, 0.717) is 0 Å². The van der Waals surface area contributed by atoms with Crippen molar-refractivity contribution < 1.29 is 24.3 Å². The van der Waals surface area contributed by atoms with Crippen molar-refractivity contribution in [3.63, 3.8) is 0 Å². The number of thiol groups is 1. The first-order chi connectivity index (χ1) is 9.27. The maximum absolute atomic E-state index is 11.4. The Hall–Kier alpha value is -1.81. The molecule has 6 N–H and O–H groups in total. The zero-order valence-electron chi connectivity index (χ0n) is 10.9. The van der Waals surface area contributed by atoms with Crippen molar-refractivity contribution >= 4 is 36.3 Å². The average molecular weight is 306 g/mol. The van der Waals surface area contributed by atoms with E-state index in [1.807, 2.05) is 0 Å². The van der Waals surface area contributed by atoms with Gasteiger partial charge in [0.25, 0.3) is 0 Å². The summed E-state index contributed by atoms with van der Waals surface area (Å²) in [6.45, 7) is 0.514. The fourth-order valence-corrected chi connectivity index (χ4v) is 1.22. The van der Waals surface area contributed by atoms with Crippen LogP contribution in [0.4, 0.5) is 0 Å². The van der Waals surface area contributed by atoms with Crippen LogP contribution in [0.5, 0.6) is 0 Å². The number of hydrogen-bond donors (Lipinski definition) is 6. The number of carbonyl (C=O) groups is 4. The summed E-state index contributed by atoms with van der Waals surface area (Å²) >= 11 is 3.83. The Morgan fingerprint density at radius 2 is 1.70 bits per heavy atom. The highest BCUT2D eigenvalue weighted by molar-refractivity contribution is 7.80. The molecule has 2 unspecified atom stereocenters. The Morgan fingerprint density at radius 3 is 2.20 bits per heavy atom. The third-order valence-electron chi connectivity index (χ3n) is 2.14. The van der Waals surface area contributed by atoms with Gasteiger partial charge >= 0.3 is 5.97 Å². The van der Waals surface area contributed by atoms with Gasteiger partial charge in [0.2, 0.25) is 17.7 Å². The van der Waals surface area contributed by atoms with Crippen molar-refractivity contribution in [1.29, 1.82) is 0 Å². The molecule has 9 nitrogen and oxygen atoms in total. The minimum Gasteiger partial charge on any atom is -0.480 e. The monoisotopic (exact) mass is 306 g/mol. The topological polar surface area (TPSA) is 151 Å². The van der Waals surface area contributed by atoms with Crippen molar-refractivity contribution in [3.8, 4) is 0 Å². The summed E-state index contributed by atoms with van der Waals surface area (Å²) in [4.78, 5) is 44.3. The second kappa shape index (κ2) is 9.15. The molecule has 0 aliphatic carbocycles. The number of hydrogen-bond acceptors (Lipinski definition) is 6. The lowest BCUT2D eigenvalue weighted by atomic mass is 10.3. The van der Waals surface area contributed by atoms with E-state index in [4.69, 9.17) is 10.8 Å². The van der Waals surface area contributed by atoms with Gasteiger partial charge in [0.1, 0.15) is 12.6 Å². The van der Waals surface area contributed by atoms with Gasteiger partial charge in [0.15, 0.2) is 0 Å². The lowest BCUT2D eigenvalue weighted by molar-refractivity contribution is -0.138. The largest absolute Gasteiger partial charge is 0.480 e. The van der Waals surface area contributed by atoms with E-state index in [-0.39, 0.29) is 12.3 Å². The summed E-state index contributed by atoms with van der Waals surface area (Å²) in [5, 5.41) is 15.1. The van der Waals surface area contributed by atoms with Gasteiger partial charge in [-0.15, -0.1) is 0 Å². The number of amides is 3. The van der Waals surface area contributed by atoms with Gasteiger partial charge in [-0.1, -0.05) is 0 Å². The number of aliphatic carboxylic acids is 1. The summed E-state index contributed by atoms with van der Waals surface area (Å²) < 4.78 is 0. The van der Waals surface area contributed by atoms with E-state index in [0.717, 1.165) is 0 Å². The molecule has 20 heavy (non-hydrogen) atoms. The molecule has 0 aromatic rings. The fourth-order valence-electron chi connectivity index (χ4n) is 1.06. The second-order valence-electron chi connectivity index (χ2n) is 3.91. The Kier molecular flexibility index (Phi) is 8.32. The van der Waals surface area contributed by atoms with Gasteiger partial charge in [0.05, 0.1) is 12.6 Å². The van der Waals surface area contributed by atoms with E-state index in [9.17, 15) is 19.2 Å². The summed E-state index contributed by atoms with van der Waals surface area (Å²) in [5.41, 5.74) is 5.38. The molecule has 0 rings (SSSR count). The Balaban J connectivity index is 4.04. The Labute approximate surface area is 121 Å². The van der Waals surface area contributed by atoms with Crippen molar-refractivity contribution in [2.45, 2.75) is 19.0 Å². The Bertz CT molecular complexity index is 390. The molecule has 3 amide bonds. The smallest absolute Gasteiger partial charge is 0.322 e. The molecule has 2 atom stereocenters.